The van der Waals surface area contributed by atoms with Crippen LogP contribution in [0.5, 0.6) is 0 Å². The molecule has 0 bridgehead atoms. The lowest BCUT2D eigenvalue weighted by Crippen LogP contribution is -2.59. The van der Waals surface area contributed by atoms with Crippen molar-refractivity contribution in [3.63, 3.8) is 0 Å². The zero-order chi connectivity index (χ0) is 8.60. The van der Waals surface area contributed by atoms with Crippen molar-refractivity contribution in [3.8, 4) is 0 Å². The lowest BCUT2D eigenvalue weighted by Gasteiger charge is -2.44. The van der Waals surface area contributed by atoms with Crippen LogP contribution in [0.15, 0.2) is 12.7 Å². The maximum absolute atomic E-state index is 11.1. The van der Waals surface area contributed by atoms with E-state index in [0.29, 0.717) is 5.92 Å². The van der Waals surface area contributed by atoms with Crippen LogP contribution < -0.4 is 10.6 Å². The summed E-state index contributed by atoms with van der Waals surface area (Å²) in [6.45, 7) is 5.43. The average molecular weight is 166 g/mol. The van der Waals surface area contributed by atoms with Crippen LogP contribution in [-0.4, -0.2) is 24.5 Å². The van der Waals surface area contributed by atoms with Crippen molar-refractivity contribution >= 4 is 5.91 Å². The van der Waals surface area contributed by atoms with E-state index in [0.717, 1.165) is 19.5 Å². The van der Waals surface area contributed by atoms with Gasteiger partial charge in [0.05, 0.1) is 5.54 Å². The van der Waals surface area contributed by atoms with Gasteiger partial charge in [0, 0.05) is 13.1 Å². The summed E-state index contributed by atoms with van der Waals surface area (Å²) in [5.41, 5.74) is 0.0747. The third-order valence-corrected chi connectivity index (χ3v) is 3.11. The molecule has 12 heavy (non-hydrogen) atoms. The van der Waals surface area contributed by atoms with E-state index < -0.39 is 0 Å². The molecule has 2 aliphatic rings. The molecule has 1 aliphatic carbocycles. The molecule has 1 heterocycles. The first-order valence-electron chi connectivity index (χ1n) is 4.42. The third kappa shape index (κ3) is 0.966. The molecule has 2 unspecified atom stereocenters. The van der Waals surface area contributed by atoms with Gasteiger partial charge >= 0.3 is 0 Å². The largest absolute Gasteiger partial charge is 0.346 e. The standard InChI is InChI=1S/C9H14N2O/c1-2-8(12)11-9-4-3-7(9)5-10-6-9/h2,7,10H,1,3-6H2,(H,11,12). The van der Waals surface area contributed by atoms with Gasteiger partial charge in [-0.1, -0.05) is 6.58 Å². The maximum Gasteiger partial charge on any atom is 0.243 e. The molecule has 3 nitrogen and oxygen atoms in total. The molecule has 2 fully saturated rings. The van der Waals surface area contributed by atoms with E-state index in [-0.39, 0.29) is 11.4 Å². The molecule has 0 spiro atoms. The monoisotopic (exact) mass is 166 g/mol. The third-order valence-electron chi connectivity index (χ3n) is 3.11. The number of carbonyl (C=O) groups is 1. The molecule has 1 amide bonds. The minimum Gasteiger partial charge on any atom is -0.346 e. The smallest absolute Gasteiger partial charge is 0.243 e. The molecule has 1 aliphatic heterocycles. The van der Waals surface area contributed by atoms with E-state index in [2.05, 4.69) is 17.2 Å². The van der Waals surface area contributed by atoms with Crippen LogP contribution in [0, 0.1) is 5.92 Å². The van der Waals surface area contributed by atoms with Gasteiger partial charge < -0.3 is 10.6 Å². The van der Waals surface area contributed by atoms with Crippen LogP contribution in [0.4, 0.5) is 0 Å². The Morgan fingerprint density at radius 3 is 3.08 bits per heavy atom. The molecule has 2 rings (SSSR count). The van der Waals surface area contributed by atoms with Gasteiger partial charge in [-0.25, -0.2) is 0 Å². The fourth-order valence-corrected chi connectivity index (χ4v) is 2.20. The molecule has 1 saturated carbocycles. The van der Waals surface area contributed by atoms with Gasteiger partial charge in [0.2, 0.25) is 5.91 Å². The quantitative estimate of drug-likeness (QED) is 0.569. The van der Waals surface area contributed by atoms with Gasteiger partial charge in [0.25, 0.3) is 0 Å². The van der Waals surface area contributed by atoms with Crippen LogP contribution in [-0.2, 0) is 4.79 Å². The Bertz CT molecular complexity index is 227. The Morgan fingerprint density at radius 2 is 2.58 bits per heavy atom. The highest BCUT2D eigenvalue weighted by molar-refractivity contribution is 5.87. The summed E-state index contributed by atoms with van der Waals surface area (Å²) >= 11 is 0. The highest BCUT2D eigenvalue weighted by Crippen LogP contribution is 2.40. The van der Waals surface area contributed by atoms with Gasteiger partial charge in [-0.2, -0.15) is 0 Å². The minimum absolute atomic E-state index is 0.0385. The number of hydrogen-bond acceptors (Lipinski definition) is 2. The number of carbonyl (C=O) groups excluding carboxylic acids is 1. The van der Waals surface area contributed by atoms with E-state index in [1.54, 1.807) is 0 Å². The first-order valence-corrected chi connectivity index (χ1v) is 4.42. The molecule has 3 heteroatoms. The number of fused-ring (bicyclic) bond motifs is 1. The molecule has 0 aromatic carbocycles. The molecular formula is C9H14N2O. The SMILES string of the molecule is C=CC(=O)NC12CCC1CNC2. The highest BCUT2D eigenvalue weighted by Gasteiger charge is 2.50. The van der Waals surface area contributed by atoms with Gasteiger partial charge in [-0.15, -0.1) is 0 Å². The number of rotatable bonds is 2. The first-order chi connectivity index (χ1) is 5.77. The zero-order valence-corrected chi connectivity index (χ0v) is 7.10. The second-order valence-corrected chi connectivity index (χ2v) is 3.72. The summed E-state index contributed by atoms with van der Waals surface area (Å²) in [5, 5.41) is 6.33. The van der Waals surface area contributed by atoms with E-state index in [9.17, 15) is 4.79 Å². The number of nitrogens with one attached hydrogen (secondary N) is 2. The Labute approximate surface area is 72.2 Å². The Kier molecular flexibility index (Phi) is 1.68. The Morgan fingerprint density at radius 1 is 1.75 bits per heavy atom. The van der Waals surface area contributed by atoms with E-state index in [1.807, 2.05) is 0 Å². The summed E-state index contributed by atoms with van der Waals surface area (Å²) in [4.78, 5) is 11.1. The van der Waals surface area contributed by atoms with E-state index in [1.165, 1.54) is 12.5 Å². The van der Waals surface area contributed by atoms with Crippen LogP contribution >= 0.6 is 0 Å². The van der Waals surface area contributed by atoms with Crippen LogP contribution in [0.3, 0.4) is 0 Å². The van der Waals surface area contributed by atoms with Crippen molar-refractivity contribution in [1.82, 2.24) is 10.6 Å². The number of amides is 1. The summed E-state index contributed by atoms with van der Waals surface area (Å²) in [5.74, 6) is 0.616. The highest BCUT2D eigenvalue weighted by atomic mass is 16.1. The molecule has 0 aromatic rings. The average Bonchev–Trinajstić information content (AvgIpc) is 2.31. The van der Waals surface area contributed by atoms with Gasteiger partial charge in [-0.05, 0) is 24.8 Å². The Balaban J connectivity index is 2.02. The summed E-state index contributed by atoms with van der Waals surface area (Å²) in [6.07, 6.45) is 3.71. The second-order valence-electron chi connectivity index (χ2n) is 3.72. The molecule has 0 aromatic heterocycles. The van der Waals surface area contributed by atoms with Crippen LogP contribution in [0.1, 0.15) is 12.8 Å². The maximum atomic E-state index is 11.1. The van der Waals surface area contributed by atoms with Crippen molar-refractivity contribution in [2.24, 2.45) is 5.92 Å². The predicted octanol–water partition coefficient (Wildman–Crippen LogP) is 0.0406. The minimum atomic E-state index is -0.0385. The molecule has 2 atom stereocenters. The van der Waals surface area contributed by atoms with Crippen molar-refractivity contribution in [1.29, 1.82) is 0 Å². The molecular weight excluding hydrogens is 152 g/mol. The van der Waals surface area contributed by atoms with Crippen molar-refractivity contribution in [2.75, 3.05) is 13.1 Å². The van der Waals surface area contributed by atoms with Gasteiger partial charge in [0.1, 0.15) is 0 Å². The van der Waals surface area contributed by atoms with Crippen molar-refractivity contribution in [2.45, 2.75) is 18.4 Å². The first kappa shape index (κ1) is 7.80. The lowest BCUT2D eigenvalue weighted by atomic mass is 9.69. The molecule has 1 saturated heterocycles. The summed E-state index contributed by atoms with van der Waals surface area (Å²) < 4.78 is 0. The second kappa shape index (κ2) is 2.59. The number of hydrogen-bond donors (Lipinski definition) is 2. The van der Waals surface area contributed by atoms with Gasteiger partial charge in [0.15, 0.2) is 0 Å². The van der Waals surface area contributed by atoms with Gasteiger partial charge in [-0.3, -0.25) is 4.79 Å². The van der Waals surface area contributed by atoms with Crippen LogP contribution in [0.2, 0.25) is 0 Å². The van der Waals surface area contributed by atoms with Crippen LogP contribution in [0.25, 0.3) is 0 Å². The van der Waals surface area contributed by atoms with E-state index >= 15 is 0 Å². The molecule has 66 valence electrons. The topological polar surface area (TPSA) is 41.1 Å². The predicted molar refractivity (Wildman–Crippen MR) is 46.7 cm³/mol. The Hall–Kier alpha value is -0.830. The summed E-state index contributed by atoms with van der Waals surface area (Å²) in [7, 11) is 0. The lowest BCUT2D eigenvalue weighted by molar-refractivity contribution is -0.119. The van der Waals surface area contributed by atoms with Crippen molar-refractivity contribution < 1.29 is 4.79 Å². The normalized spacial score (nSPS) is 38.2. The molecule has 2 N–H and O–H groups in total. The summed E-state index contributed by atoms with van der Waals surface area (Å²) in [6, 6.07) is 0. The zero-order valence-electron chi connectivity index (χ0n) is 7.10. The van der Waals surface area contributed by atoms with E-state index in [4.69, 9.17) is 0 Å². The fraction of sp³-hybridized carbons (Fsp3) is 0.667. The van der Waals surface area contributed by atoms with Crippen molar-refractivity contribution in [3.05, 3.63) is 12.7 Å². The molecule has 0 radical (unpaired) electrons. The fourth-order valence-electron chi connectivity index (χ4n) is 2.20.